The van der Waals surface area contributed by atoms with Crippen LogP contribution in [-0.2, 0) is 23.1 Å². The minimum Gasteiger partial charge on any atom is -0.326 e. The zero-order valence-electron chi connectivity index (χ0n) is 11.0. The largest absolute Gasteiger partial charge is 0.326 e. The molecule has 7 heteroatoms. The molecule has 4 nitrogen and oxygen atoms in total. The van der Waals surface area contributed by atoms with Gasteiger partial charge >= 0.3 is 0 Å². The fourth-order valence-corrected chi connectivity index (χ4v) is 3.03. The van der Waals surface area contributed by atoms with E-state index >= 15 is 0 Å². The number of nitrogens with one attached hydrogen (secondary N) is 1. The van der Waals surface area contributed by atoms with Gasteiger partial charge in [0.2, 0.25) is 10.0 Å². The Morgan fingerprint density at radius 3 is 2.52 bits per heavy atom. The summed E-state index contributed by atoms with van der Waals surface area (Å²) in [7, 11) is -3.76. The van der Waals surface area contributed by atoms with Crippen LogP contribution in [0.15, 0.2) is 47.4 Å². The van der Waals surface area contributed by atoms with Crippen LogP contribution in [-0.4, -0.2) is 8.42 Å². The molecule has 21 heavy (non-hydrogen) atoms. The lowest BCUT2D eigenvalue weighted by atomic mass is 10.2. The van der Waals surface area contributed by atoms with Crippen LogP contribution in [0.1, 0.15) is 11.1 Å². The van der Waals surface area contributed by atoms with E-state index < -0.39 is 15.8 Å². The van der Waals surface area contributed by atoms with Crippen molar-refractivity contribution in [3.05, 3.63) is 64.4 Å². The van der Waals surface area contributed by atoms with Gasteiger partial charge in [-0.05, 0) is 29.8 Å². The topological polar surface area (TPSA) is 72.2 Å². The van der Waals surface area contributed by atoms with Gasteiger partial charge in [0.05, 0.1) is 4.90 Å². The molecular weight excluding hydrogens is 315 g/mol. The third-order valence-corrected chi connectivity index (χ3v) is 4.73. The van der Waals surface area contributed by atoms with Crippen LogP contribution in [0, 0.1) is 5.82 Å². The molecule has 112 valence electrons. The van der Waals surface area contributed by atoms with Crippen LogP contribution in [0.5, 0.6) is 0 Å². The molecule has 0 aliphatic carbocycles. The zero-order valence-corrected chi connectivity index (χ0v) is 12.6. The van der Waals surface area contributed by atoms with E-state index in [0.717, 1.165) is 6.07 Å². The monoisotopic (exact) mass is 328 g/mol. The van der Waals surface area contributed by atoms with Gasteiger partial charge in [0.25, 0.3) is 0 Å². The first-order valence-corrected chi connectivity index (χ1v) is 8.01. The SMILES string of the molecule is NCc1cc(S(=O)(=O)NCc2ccccc2Cl)ccc1F. The minimum absolute atomic E-state index is 0.0311. The number of sulfonamides is 1. The van der Waals surface area contributed by atoms with Crippen molar-refractivity contribution in [2.75, 3.05) is 0 Å². The molecule has 0 radical (unpaired) electrons. The highest BCUT2D eigenvalue weighted by Crippen LogP contribution is 2.17. The first kappa shape index (κ1) is 15.9. The summed E-state index contributed by atoms with van der Waals surface area (Å²) in [4.78, 5) is -0.0311. The number of hydrogen-bond donors (Lipinski definition) is 2. The van der Waals surface area contributed by atoms with Gasteiger partial charge in [-0.2, -0.15) is 0 Å². The summed E-state index contributed by atoms with van der Waals surface area (Å²) < 4.78 is 40.1. The number of hydrogen-bond acceptors (Lipinski definition) is 3. The number of nitrogens with two attached hydrogens (primary N) is 1. The lowest BCUT2D eigenvalue weighted by Gasteiger charge is -2.09. The molecule has 0 saturated heterocycles. The molecule has 0 spiro atoms. The summed E-state index contributed by atoms with van der Waals surface area (Å²) in [5, 5.41) is 0.474. The van der Waals surface area contributed by atoms with Crippen LogP contribution in [0.3, 0.4) is 0 Å². The van der Waals surface area contributed by atoms with Crippen molar-refractivity contribution in [3.63, 3.8) is 0 Å². The van der Waals surface area contributed by atoms with Crippen LogP contribution in [0.4, 0.5) is 4.39 Å². The van der Waals surface area contributed by atoms with E-state index in [2.05, 4.69) is 4.72 Å². The molecule has 2 aromatic rings. The van der Waals surface area contributed by atoms with E-state index in [-0.39, 0.29) is 23.5 Å². The lowest BCUT2D eigenvalue weighted by molar-refractivity contribution is 0.579. The summed E-state index contributed by atoms with van der Waals surface area (Å²) in [5.41, 5.74) is 6.18. The lowest BCUT2D eigenvalue weighted by Crippen LogP contribution is -2.23. The van der Waals surface area contributed by atoms with E-state index in [0.29, 0.717) is 10.6 Å². The highest BCUT2D eigenvalue weighted by molar-refractivity contribution is 7.89. The second-order valence-corrected chi connectivity index (χ2v) is 6.55. The van der Waals surface area contributed by atoms with Crippen molar-refractivity contribution in [3.8, 4) is 0 Å². The van der Waals surface area contributed by atoms with E-state index in [1.54, 1.807) is 24.3 Å². The summed E-state index contributed by atoms with van der Waals surface area (Å²) in [6.07, 6.45) is 0. The molecule has 2 aromatic carbocycles. The Kier molecular flexibility index (Phi) is 4.95. The van der Waals surface area contributed by atoms with E-state index in [1.165, 1.54) is 12.1 Å². The van der Waals surface area contributed by atoms with Gasteiger partial charge in [-0.15, -0.1) is 0 Å². The van der Waals surface area contributed by atoms with E-state index in [1.807, 2.05) is 0 Å². The van der Waals surface area contributed by atoms with Gasteiger partial charge in [-0.1, -0.05) is 29.8 Å². The Bertz CT molecular complexity index is 750. The van der Waals surface area contributed by atoms with Crippen molar-refractivity contribution in [2.45, 2.75) is 18.0 Å². The summed E-state index contributed by atoms with van der Waals surface area (Å²) in [5.74, 6) is -0.525. The van der Waals surface area contributed by atoms with Crippen molar-refractivity contribution in [2.24, 2.45) is 5.73 Å². The fourth-order valence-electron chi connectivity index (χ4n) is 1.77. The van der Waals surface area contributed by atoms with Crippen molar-refractivity contribution in [1.82, 2.24) is 4.72 Å². The summed E-state index contributed by atoms with van der Waals surface area (Å²) in [6.45, 7) is -0.0168. The molecule has 0 aliphatic rings. The molecule has 0 saturated carbocycles. The summed E-state index contributed by atoms with van der Waals surface area (Å²) in [6, 6.07) is 10.4. The quantitative estimate of drug-likeness (QED) is 0.885. The molecular formula is C14H14ClFN2O2S. The van der Waals surface area contributed by atoms with Gasteiger partial charge in [-0.25, -0.2) is 17.5 Å². The molecule has 3 N–H and O–H groups in total. The Hall–Kier alpha value is -1.47. The van der Waals surface area contributed by atoms with Crippen molar-refractivity contribution in [1.29, 1.82) is 0 Å². The smallest absolute Gasteiger partial charge is 0.240 e. The van der Waals surface area contributed by atoms with Crippen LogP contribution in [0.25, 0.3) is 0 Å². The first-order chi connectivity index (χ1) is 9.94. The molecule has 0 amide bonds. The minimum atomic E-state index is -3.76. The average Bonchev–Trinajstić information content (AvgIpc) is 2.46. The highest BCUT2D eigenvalue weighted by Gasteiger charge is 2.16. The molecule has 2 rings (SSSR count). The first-order valence-electron chi connectivity index (χ1n) is 6.15. The normalized spacial score (nSPS) is 11.6. The Labute approximate surface area is 127 Å². The van der Waals surface area contributed by atoms with Gasteiger partial charge in [0.15, 0.2) is 0 Å². The van der Waals surface area contributed by atoms with Gasteiger partial charge in [-0.3, -0.25) is 0 Å². The maximum absolute atomic E-state index is 13.3. The van der Waals surface area contributed by atoms with Crippen LogP contribution in [0.2, 0.25) is 5.02 Å². The molecule has 0 unspecified atom stereocenters. The predicted octanol–water partition coefficient (Wildman–Crippen LogP) is 2.42. The van der Waals surface area contributed by atoms with Crippen molar-refractivity contribution < 1.29 is 12.8 Å². The Balaban J connectivity index is 2.21. The van der Waals surface area contributed by atoms with Crippen molar-refractivity contribution >= 4 is 21.6 Å². The molecule has 0 heterocycles. The van der Waals surface area contributed by atoms with Gasteiger partial charge in [0, 0.05) is 23.7 Å². The Morgan fingerprint density at radius 2 is 1.86 bits per heavy atom. The number of halogens is 2. The molecule has 0 fully saturated rings. The maximum Gasteiger partial charge on any atom is 0.240 e. The predicted molar refractivity (Wildman–Crippen MR) is 79.8 cm³/mol. The number of benzene rings is 2. The molecule has 0 atom stereocenters. The van der Waals surface area contributed by atoms with E-state index in [9.17, 15) is 12.8 Å². The average molecular weight is 329 g/mol. The summed E-state index contributed by atoms with van der Waals surface area (Å²) >= 11 is 5.97. The molecule has 0 bridgehead atoms. The molecule has 0 aromatic heterocycles. The maximum atomic E-state index is 13.3. The third kappa shape index (κ3) is 3.79. The fraction of sp³-hybridized carbons (Fsp3) is 0.143. The Morgan fingerprint density at radius 1 is 1.14 bits per heavy atom. The highest BCUT2D eigenvalue weighted by atomic mass is 35.5. The van der Waals surface area contributed by atoms with E-state index in [4.69, 9.17) is 17.3 Å². The zero-order chi connectivity index (χ0) is 15.5. The van der Waals surface area contributed by atoms with Crippen LogP contribution >= 0.6 is 11.6 Å². The third-order valence-electron chi connectivity index (χ3n) is 2.96. The van der Waals surface area contributed by atoms with Gasteiger partial charge in [0.1, 0.15) is 5.82 Å². The second-order valence-electron chi connectivity index (χ2n) is 4.37. The molecule has 0 aliphatic heterocycles. The standard InChI is InChI=1S/C14H14ClFN2O2S/c15-13-4-2-1-3-10(13)9-18-21(19,20)12-5-6-14(16)11(7-12)8-17/h1-7,18H,8-9,17H2. The van der Waals surface area contributed by atoms with Gasteiger partial charge < -0.3 is 5.73 Å². The second kappa shape index (κ2) is 6.53. The van der Waals surface area contributed by atoms with Crippen LogP contribution < -0.4 is 10.5 Å². The number of rotatable bonds is 5.